The van der Waals surface area contributed by atoms with Crippen LogP contribution in [0.5, 0.6) is 0 Å². The number of rotatable bonds is 3. The molecule has 0 bridgehead atoms. The minimum Gasteiger partial charge on any atom is -0.465 e. The van der Waals surface area contributed by atoms with E-state index in [1.165, 1.54) is 0 Å². The van der Waals surface area contributed by atoms with Crippen LogP contribution in [0.1, 0.15) is 53.6 Å². The highest BCUT2D eigenvalue weighted by atomic mass is 32.2. The Hall–Kier alpha value is -0.950. The summed E-state index contributed by atoms with van der Waals surface area (Å²) in [6, 6.07) is 0. The summed E-state index contributed by atoms with van der Waals surface area (Å²) in [7, 11) is -2.91. The lowest BCUT2D eigenvalue weighted by molar-refractivity contribution is -0.145. The van der Waals surface area contributed by atoms with Gasteiger partial charge < -0.3 is 4.74 Å². The van der Waals surface area contributed by atoms with E-state index in [1.54, 1.807) is 18.3 Å². The van der Waals surface area contributed by atoms with Crippen LogP contribution in [0.15, 0.2) is 0 Å². The molecular formula is C14H19NO4S2. The average molecular weight is 329 g/mol. The molecule has 1 aliphatic carbocycles. The van der Waals surface area contributed by atoms with Crippen molar-refractivity contribution in [1.82, 2.24) is 4.98 Å². The fraction of sp³-hybridized carbons (Fsp3) is 0.714. The van der Waals surface area contributed by atoms with Gasteiger partial charge in [0, 0.05) is 10.8 Å². The number of thiazole rings is 1. The molecule has 1 aliphatic heterocycles. The summed E-state index contributed by atoms with van der Waals surface area (Å²) >= 11 is 1.59. The summed E-state index contributed by atoms with van der Waals surface area (Å²) < 4.78 is 28.4. The van der Waals surface area contributed by atoms with Crippen LogP contribution in [-0.4, -0.2) is 37.5 Å². The van der Waals surface area contributed by atoms with E-state index in [0.717, 1.165) is 34.8 Å². The van der Waals surface area contributed by atoms with Crippen molar-refractivity contribution in [3.8, 4) is 0 Å². The Morgan fingerprint density at radius 2 is 2.24 bits per heavy atom. The van der Waals surface area contributed by atoms with Crippen molar-refractivity contribution in [2.45, 2.75) is 44.4 Å². The molecule has 2 heterocycles. The molecule has 2 unspecified atom stereocenters. The molecule has 0 spiro atoms. The molecule has 0 radical (unpaired) electrons. The van der Waals surface area contributed by atoms with Crippen LogP contribution in [0.4, 0.5) is 0 Å². The van der Waals surface area contributed by atoms with E-state index in [4.69, 9.17) is 4.74 Å². The number of nitrogens with zero attached hydrogens (tertiary/aromatic N) is 1. The summed E-state index contributed by atoms with van der Waals surface area (Å²) in [6.45, 7) is 2.18. The molecule has 2 aliphatic rings. The molecule has 1 saturated heterocycles. The second kappa shape index (κ2) is 5.68. The molecule has 3 rings (SSSR count). The lowest BCUT2D eigenvalue weighted by Crippen LogP contribution is -2.20. The van der Waals surface area contributed by atoms with E-state index in [0.29, 0.717) is 13.0 Å². The van der Waals surface area contributed by atoms with E-state index >= 15 is 0 Å². The second-order valence-electron chi connectivity index (χ2n) is 5.66. The maximum absolute atomic E-state index is 12.0. The van der Waals surface area contributed by atoms with Crippen LogP contribution in [0.25, 0.3) is 0 Å². The van der Waals surface area contributed by atoms with E-state index in [9.17, 15) is 13.2 Å². The molecule has 1 aromatic heterocycles. The van der Waals surface area contributed by atoms with Crippen LogP contribution in [0.2, 0.25) is 0 Å². The maximum Gasteiger partial charge on any atom is 0.315 e. The van der Waals surface area contributed by atoms with Gasteiger partial charge in [0.1, 0.15) is 5.92 Å². The lowest BCUT2D eigenvalue weighted by Gasteiger charge is -2.19. The van der Waals surface area contributed by atoms with Crippen LogP contribution < -0.4 is 0 Å². The first-order valence-electron chi connectivity index (χ1n) is 7.36. The first kappa shape index (κ1) is 15.0. The lowest BCUT2D eigenvalue weighted by atomic mass is 9.91. The summed E-state index contributed by atoms with van der Waals surface area (Å²) in [5, 5.41) is 0.886. The van der Waals surface area contributed by atoms with Crippen molar-refractivity contribution in [2.24, 2.45) is 0 Å². The van der Waals surface area contributed by atoms with Crippen LogP contribution in [-0.2, 0) is 25.8 Å². The Bertz CT molecular complexity index is 650. The number of hydrogen-bond donors (Lipinski definition) is 0. The van der Waals surface area contributed by atoms with Crippen LogP contribution >= 0.6 is 11.3 Å². The fourth-order valence-electron chi connectivity index (χ4n) is 3.07. The molecule has 21 heavy (non-hydrogen) atoms. The molecule has 116 valence electrons. The van der Waals surface area contributed by atoms with Crippen molar-refractivity contribution in [3.05, 3.63) is 15.6 Å². The Labute approximate surface area is 128 Å². The highest BCUT2D eigenvalue weighted by Crippen LogP contribution is 2.40. The maximum atomic E-state index is 12.0. The first-order valence-corrected chi connectivity index (χ1v) is 10.0. The molecule has 0 N–H and O–H groups in total. The van der Waals surface area contributed by atoms with Crippen molar-refractivity contribution < 1.29 is 17.9 Å². The van der Waals surface area contributed by atoms with E-state index in [-0.39, 0.29) is 29.3 Å². The van der Waals surface area contributed by atoms with Gasteiger partial charge in [0.25, 0.3) is 0 Å². The third kappa shape index (κ3) is 2.99. The number of ether oxygens (including phenoxy) is 1. The smallest absolute Gasteiger partial charge is 0.315 e. The zero-order chi connectivity index (χ0) is 15.0. The summed E-state index contributed by atoms with van der Waals surface area (Å²) in [4.78, 5) is 17.8. The van der Waals surface area contributed by atoms with Crippen molar-refractivity contribution >= 4 is 27.1 Å². The van der Waals surface area contributed by atoms with Gasteiger partial charge in [-0.15, -0.1) is 11.3 Å². The van der Waals surface area contributed by atoms with Crippen molar-refractivity contribution in [2.75, 3.05) is 18.1 Å². The predicted octanol–water partition coefficient (Wildman–Crippen LogP) is 2.03. The number of aromatic nitrogens is 1. The van der Waals surface area contributed by atoms with Gasteiger partial charge in [-0.25, -0.2) is 13.4 Å². The van der Waals surface area contributed by atoms with Gasteiger partial charge in [0.2, 0.25) is 0 Å². The Morgan fingerprint density at radius 1 is 1.43 bits per heavy atom. The molecular weight excluding hydrogens is 310 g/mol. The van der Waals surface area contributed by atoms with Gasteiger partial charge in [-0.05, 0) is 32.6 Å². The van der Waals surface area contributed by atoms with Crippen molar-refractivity contribution in [1.29, 1.82) is 0 Å². The summed E-state index contributed by atoms with van der Waals surface area (Å²) in [5.74, 6) is -0.00772. The molecule has 0 saturated carbocycles. The van der Waals surface area contributed by atoms with Gasteiger partial charge in [-0.1, -0.05) is 0 Å². The number of esters is 1. The predicted molar refractivity (Wildman–Crippen MR) is 80.4 cm³/mol. The summed E-state index contributed by atoms with van der Waals surface area (Å²) in [6.07, 6.45) is 3.32. The topological polar surface area (TPSA) is 73.3 Å². The number of sulfone groups is 1. The minimum absolute atomic E-state index is 0.00782. The standard InChI is InChI=1S/C14H19NO4S2/c1-2-19-14(16)10-4-3-5-11-12(10)15-13(20-11)9-6-7-21(17,18)8-9/h9-10H,2-8H2,1H3. The van der Waals surface area contributed by atoms with E-state index in [2.05, 4.69) is 4.98 Å². The normalized spacial score (nSPS) is 27.3. The second-order valence-corrected chi connectivity index (χ2v) is 9.00. The molecule has 7 heteroatoms. The Balaban J connectivity index is 1.86. The number of fused-ring (bicyclic) bond motifs is 1. The highest BCUT2D eigenvalue weighted by Gasteiger charge is 2.35. The summed E-state index contributed by atoms with van der Waals surface area (Å²) in [5.41, 5.74) is 0.837. The SMILES string of the molecule is CCOC(=O)C1CCCc2sc(C3CCS(=O)(=O)C3)nc21. The third-order valence-electron chi connectivity index (χ3n) is 4.12. The van der Waals surface area contributed by atoms with Gasteiger partial charge in [0.05, 0.1) is 28.8 Å². The quantitative estimate of drug-likeness (QED) is 0.793. The third-order valence-corrected chi connectivity index (χ3v) is 7.18. The molecule has 1 aromatic rings. The average Bonchev–Trinajstić information content (AvgIpc) is 3.01. The molecule has 2 atom stereocenters. The number of carbonyl (C=O) groups is 1. The zero-order valence-electron chi connectivity index (χ0n) is 12.0. The number of carbonyl (C=O) groups excluding carboxylic acids is 1. The Kier molecular flexibility index (Phi) is 4.05. The molecule has 0 aromatic carbocycles. The van der Waals surface area contributed by atoms with Gasteiger partial charge in [0.15, 0.2) is 9.84 Å². The zero-order valence-corrected chi connectivity index (χ0v) is 13.6. The monoisotopic (exact) mass is 329 g/mol. The number of aryl methyl sites for hydroxylation is 1. The minimum atomic E-state index is -2.91. The van der Waals surface area contributed by atoms with Gasteiger partial charge in [-0.3, -0.25) is 4.79 Å². The molecule has 1 fully saturated rings. The van der Waals surface area contributed by atoms with E-state index in [1.807, 2.05) is 0 Å². The van der Waals surface area contributed by atoms with Gasteiger partial charge >= 0.3 is 5.97 Å². The molecule has 5 nitrogen and oxygen atoms in total. The van der Waals surface area contributed by atoms with Crippen molar-refractivity contribution in [3.63, 3.8) is 0 Å². The first-order chi connectivity index (χ1) is 10.00. The van der Waals surface area contributed by atoms with Crippen LogP contribution in [0.3, 0.4) is 0 Å². The Morgan fingerprint density at radius 3 is 2.90 bits per heavy atom. The largest absolute Gasteiger partial charge is 0.465 e. The fourth-order valence-corrected chi connectivity index (χ4v) is 6.23. The van der Waals surface area contributed by atoms with Crippen LogP contribution in [0, 0.1) is 0 Å². The van der Waals surface area contributed by atoms with Gasteiger partial charge in [-0.2, -0.15) is 0 Å². The number of hydrogen-bond acceptors (Lipinski definition) is 6. The highest BCUT2D eigenvalue weighted by molar-refractivity contribution is 7.91. The van der Waals surface area contributed by atoms with E-state index < -0.39 is 9.84 Å². The molecule has 0 amide bonds.